The van der Waals surface area contributed by atoms with E-state index in [2.05, 4.69) is 39.8 Å². The van der Waals surface area contributed by atoms with E-state index in [0.717, 1.165) is 43.7 Å². The minimum absolute atomic E-state index is 0.269. The number of rotatable bonds is 11. The van der Waals surface area contributed by atoms with Crippen molar-refractivity contribution in [2.45, 2.75) is 38.5 Å². The van der Waals surface area contributed by atoms with Gasteiger partial charge in [0.1, 0.15) is 5.75 Å². The number of aliphatic hydroxyl groups excluding tert-OH is 1. The van der Waals surface area contributed by atoms with E-state index in [0.29, 0.717) is 26.1 Å². The van der Waals surface area contributed by atoms with Crippen molar-refractivity contribution in [3.8, 4) is 5.75 Å². The molecule has 0 aliphatic carbocycles. The molecule has 0 bridgehead atoms. The minimum atomic E-state index is -0.444. The van der Waals surface area contributed by atoms with Gasteiger partial charge in [0.2, 0.25) is 5.91 Å². The van der Waals surface area contributed by atoms with E-state index in [9.17, 15) is 9.90 Å². The van der Waals surface area contributed by atoms with Crippen LogP contribution in [0.25, 0.3) is 10.9 Å². The molecule has 32 heavy (non-hydrogen) atoms. The number of para-hydroxylation sites is 1. The van der Waals surface area contributed by atoms with Gasteiger partial charge in [-0.25, -0.2) is 0 Å². The average Bonchev–Trinajstić information content (AvgIpc) is 3.38. The smallest absolute Gasteiger partial charge is 0.222 e. The molecule has 6 heteroatoms. The quantitative estimate of drug-likeness (QED) is 0.468. The van der Waals surface area contributed by atoms with Crippen LogP contribution in [0, 0.1) is 0 Å². The Morgan fingerprint density at radius 1 is 1.12 bits per heavy atom. The van der Waals surface area contributed by atoms with E-state index in [1.807, 2.05) is 42.4 Å². The standard InChI is InChI=1S/C26H33N3O3/c1-27(19-23(30)20-29-16-13-22-6-2-3-7-25(22)29)18-21-9-11-24(12-10-21)32-17-5-15-28-14-4-8-26(28)31/h2-3,6-7,9-13,16,23,30H,4-5,8,14-15,17-20H2,1H3/t23-/m1/s1. The molecule has 0 spiro atoms. The number of hydrogen-bond donors (Lipinski definition) is 1. The molecule has 2 aromatic carbocycles. The molecule has 6 nitrogen and oxygen atoms in total. The highest BCUT2D eigenvalue weighted by atomic mass is 16.5. The zero-order chi connectivity index (χ0) is 22.3. The number of amides is 1. The van der Waals surface area contributed by atoms with Crippen LogP contribution < -0.4 is 4.74 Å². The highest BCUT2D eigenvalue weighted by Gasteiger charge is 2.19. The summed E-state index contributed by atoms with van der Waals surface area (Å²) in [4.78, 5) is 15.7. The fourth-order valence-corrected chi connectivity index (χ4v) is 4.40. The molecule has 1 aliphatic rings. The van der Waals surface area contributed by atoms with Gasteiger partial charge in [-0.1, -0.05) is 30.3 Å². The van der Waals surface area contributed by atoms with Crippen LogP contribution in [0.3, 0.4) is 0 Å². The Bertz CT molecular complexity index is 1010. The highest BCUT2D eigenvalue weighted by molar-refractivity contribution is 5.80. The minimum Gasteiger partial charge on any atom is -0.494 e. The van der Waals surface area contributed by atoms with Gasteiger partial charge in [0, 0.05) is 50.9 Å². The van der Waals surface area contributed by atoms with Crippen LogP contribution in [0.2, 0.25) is 0 Å². The van der Waals surface area contributed by atoms with Crippen LogP contribution in [-0.4, -0.2) is 64.8 Å². The Kier molecular flexibility index (Phi) is 7.45. The first-order chi connectivity index (χ1) is 15.6. The van der Waals surface area contributed by atoms with Gasteiger partial charge in [0.05, 0.1) is 12.7 Å². The van der Waals surface area contributed by atoms with Crippen molar-refractivity contribution >= 4 is 16.8 Å². The number of likely N-dealkylation sites (tertiary alicyclic amines) is 1. The number of nitrogens with zero attached hydrogens (tertiary/aromatic N) is 3. The molecule has 1 aliphatic heterocycles. The van der Waals surface area contributed by atoms with Crippen LogP contribution in [0.1, 0.15) is 24.8 Å². The zero-order valence-corrected chi connectivity index (χ0v) is 18.8. The van der Waals surface area contributed by atoms with Crippen molar-refractivity contribution in [3.63, 3.8) is 0 Å². The van der Waals surface area contributed by atoms with Gasteiger partial charge in [0.15, 0.2) is 0 Å². The summed E-state index contributed by atoms with van der Waals surface area (Å²) in [6.45, 7) is 4.22. The molecule has 170 valence electrons. The summed E-state index contributed by atoms with van der Waals surface area (Å²) >= 11 is 0. The summed E-state index contributed by atoms with van der Waals surface area (Å²) in [5.74, 6) is 1.12. The van der Waals surface area contributed by atoms with Crippen molar-refractivity contribution < 1.29 is 14.6 Å². The molecule has 1 N–H and O–H groups in total. The molecule has 2 heterocycles. The maximum absolute atomic E-state index is 11.6. The van der Waals surface area contributed by atoms with Crippen molar-refractivity contribution in [1.82, 2.24) is 14.4 Å². The summed E-state index contributed by atoms with van der Waals surface area (Å²) < 4.78 is 7.94. The lowest BCUT2D eigenvalue weighted by atomic mass is 10.2. The van der Waals surface area contributed by atoms with Crippen LogP contribution in [-0.2, 0) is 17.9 Å². The molecular formula is C26H33N3O3. The third-order valence-electron chi connectivity index (χ3n) is 6.00. The first-order valence-electron chi connectivity index (χ1n) is 11.5. The normalized spacial score (nSPS) is 15.1. The average molecular weight is 436 g/mol. The number of aromatic nitrogens is 1. The van der Waals surface area contributed by atoms with Gasteiger partial charge in [-0.05, 0) is 55.1 Å². The molecule has 1 amide bonds. The van der Waals surface area contributed by atoms with Crippen LogP contribution in [0.4, 0.5) is 0 Å². The van der Waals surface area contributed by atoms with E-state index in [1.165, 1.54) is 10.9 Å². The topological polar surface area (TPSA) is 57.9 Å². The molecule has 3 aromatic rings. The molecule has 1 aromatic heterocycles. The highest BCUT2D eigenvalue weighted by Crippen LogP contribution is 2.17. The molecule has 1 atom stereocenters. The van der Waals surface area contributed by atoms with Crippen LogP contribution >= 0.6 is 0 Å². The molecule has 0 radical (unpaired) electrons. The monoisotopic (exact) mass is 435 g/mol. The molecule has 0 saturated carbocycles. The molecule has 0 unspecified atom stereocenters. The first-order valence-corrected chi connectivity index (χ1v) is 11.5. The maximum Gasteiger partial charge on any atom is 0.222 e. The number of ether oxygens (including phenoxy) is 1. The van der Waals surface area contributed by atoms with E-state index >= 15 is 0 Å². The van der Waals surface area contributed by atoms with Crippen molar-refractivity contribution in [2.75, 3.05) is 33.3 Å². The number of benzene rings is 2. The number of likely N-dealkylation sites (N-methyl/N-ethyl adjacent to an activating group) is 1. The fourth-order valence-electron chi connectivity index (χ4n) is 4.40. The van der Waals surface area contributed by atoms with Gasteiger partial charge in [0.25, 0.3) is 0 Å². The SMILES string of the molecule is CN(Cc1ccc(OCCCN2CCCC2=O)cc1)C[C@@H](O)Cn1ccc2ccccc21. The first kappa shape index (κ1) is 22.4. The lowest BCUT2D eigenvalue weighted by Gasteiger charge is -2.21. The summed E-state index contributed by atoms with van der Waals surface area (Å²) in [5.41, 5.74) is 2.33. The lowest BCUT2D eigenvalue weighted by molar-refractivity contribution is -0.127. The lowest BCUT2D eigenvalue weighted by Crippen LogP contribution is -2.31. The Hall–Kier alpha value is -2.83. The number of aliphatic hydroxyl groups is 1. The third-order valence-corrected chi connectivity index (χ3v) is 6.00. The second-order valence-electron chi connectivity index (χ2n) is 8.71. The Labute approximate surface area is 190 Å². The van der Waals surface area contributed by atoms with Gasteiger partial charge in [-0.2, -0.15) is 0 Å². The second-order valence-corrected chi connectivity index (χ2v) is 8.71. The Balaban J connectivity index is 1.18. The van der Waals surface area contributed by atoms with E-state index in [1.54, 1.807) is 0 Å². The zero-order valence-electron chi connectivity index (χ0n) is 18.8. The maximum atomic E-state index is 11.6. The third kappa shape index (κ3) is 5.90. The largest absolute Gasteiger partial charge is 0.494 e. The Morgan fingerprint density at radius 3 is 2.72 bits per heavy atom. The van der Waals surface area contributed by atoms with E-state index in [4.69, 9.17) is 4.74 Å². The number of carbonyl (C=O) groups excluding carboxylic acids is 1. The van der Waals surface area contributed by atoms with Crippen molar-refractivity contribution in [2.24, 2.45) is 0 Å². The van der Waals surface area contributed by atoms with E-state index < -0.39 is 6.10 Å². The summed E-state index contributed by atoms with van der Waals surface area (Å²) in [7, 11) is 2.03. The van der Waals surface area contributed by atoms with Crippen molar-refractivity contribution in [1.29, 1.82) is 0 Å². The fraction of sp³-hybridized carbons (Fsp3) is 0.423. The van der Waals surface area contributed by atoms with Gasteiger partial charge in [-0.15, -0.1) is 0 Å². The van der Waals surface area contributed by atoms with Gasteiger partial charge in [-0.3, -0.25) is 9.69 Å². The molecule has 1 fully saturated rings. The predicted octanol–water partition coefficient (Wildman–Crippen LogP) is 3.53. The van der Waals surface area contributed by atoms with Crippen LogP contribution in [0.5, 0.6) is 5.75 Å². The van der Waals surface area contributed by atoms with Gasteiger partial charge >= 0.3 is 0 Å². The van der Waals surface area contributed by atoms with E-state index in [-0.39, 0.29) is 5.91 Å². The van der Waals surface area contributed by atoms with Gasteiger partial charge < -0.3 is 19.3 Å². The molecule has 4 rings (SSSR count). The number of fused-ring (bicyclic) bond motifs is 1. The van der Waals surface area contributed by atoms with Crippen LogP contribution in [0.15, 0.2) is 60.8 Å². The van der Waals surface area contributed by atoms with Crippen molar-refractivity contribution in [3.05, 3.63) is 66.4 Å². The Morgan fingerprint density at radius 2 is 1.94 bits per heavy atom. The second kappa shape index (κ2) is 10.7. The summed E-state index contributed by atoms with van der Waals surface area (Å²) in [5, 5.41) is 11.8. The molecule has 1 saturated heterocycles. The number of hydrogen-bond acceptors (Lipinski definition) is 4. The number of carbonyl (C=O) groups is 1. The summed E-state index contributed by atoms with van der Waals surface area (Å²) in [6, 6.07) is 18.4. The predicted molar refractivity (Wildman–Crippen MR) is 127 cm³/mol. The molecular weight excluding hydrogens is 402 g/mol. The summed E-state index contributed by atoms with van der Waals surface area (Å²) in [6.07, 6.45) is 4.12.